The van der Waals surface area contributed by atoms with Crippen LogP contribution in [0.3, 0.4) is 0 Å². The Labute approximate surface area is 137 Å². The number of anilines is 3. The number of aromatic nitrogens is 1. The fourth-order valence-electron chi connectivity index (χ4n) is 1.69. The zero-order valence-electron chi connectivity index (χ0n) is 12.2. The van der Waals surface area contributed by atoms with Crippen molar-refractivity contribution in [1.29, 1.82) is 5.26 Å². The minimum Gasteiger partial charge on any atom is -0.482 e. The summed E-state index contributed by atoms with van der Waals surface area (Å²) in [7, 11) is 1.29. The number of hydrogen-bond acceptors (Lipinski definition) is 7. The summed E-state index contributed by atoms with van der Waals surface area (Å²) < 4.78 is 9.72. The van der Waals surface area contributed by atoms with Crippen LogP contribution in [0.5, 0.6) is 5.75 Å². The van der Waals surface area contributed by atoms with Gasteiger partial charge in [0, 0.05) is 11.8 Å². The molecule has 0 saturated carbocycles. The predicted molar refractivity (Wildman–Crippen MR) is 85.6 cm³/mol. The number of halogens is 1. The molecule has 0 unspecified atom stereocenters. The summed E-state index contributed by atoms with van der Waals surface area (Å²) in [6, 6.07) is 10.2. The maximum Gasteiger partial charge on any atom is 0.343 e. The average molecular weight is 333 g/mol. The standard InChI is InChI=1S/C15H13ClN4O3/c1-22-14(21)8-23-10-4-2-9(3-5-10)19-13-6-12(18)11(7-17)15(16)20-13/h2-6H,8H2,1H3,(H3,18,19,20). The van der Waals surface area contributed by atoms with Gasteiger partial charge < -0.3 is 20.5 Å². The Balaban J connectivity index is 2.07. The first kappa shape index (κ1) is 16.4. The third kappa shape index (κ3) is 4.25. The van der Waals surface area contributed by atoms with Crippen molar-refractivity contribution in [3.8, 4) is 11.8 Å². The van der Waals surface area contributed by atoms with Crippen LogP contribution in [0.4, 0.5) is 17.2 Å². The van der Waals surface area contributed by atoms with E-state index < -0.39 is 5.97 Å². The van der Waals surface area contributed by atoms with Gasteiger partial charge in [0.15, 0.2) is 11.8 Å². The van der Waals surface area contributed by atoms with Gasteiger partial charge in [0.2, 0.25) is 0 Å². The number of carbonyl (C=O) groups excluding carboxylic acids is 1. The van der Waals surface area contributed by atoms with Gasteiger partial charge in [0.05, 0.1) is 12.8 Å². The summed E-state index contributed by atoms with van der Waals surface area (Å²) in [5.74, 6) is 0.472. The molecule has 1 aromatic heterocycles. The van der Waals surface area contributed by atoms with Crippen LogP contribution in [0.15, 0.2) is 30.3 Å². The number of ether oxygens (including phenoxy) is 2. The van der Waals surface area contributed by atoms with Crippen molar-refractivity contribution in [2.24, 2.45) is 0 Å². The Bertz CT molecular complexity index is 733. The molecule has 1 heterocycles. The molecule has 7 nitrogen and oxygen atoms in total. The minimum absolute atomic E-state index is 0.0352. The maximum absolute atomic E-state index is 11.0. The van der Waals surface area contributed by atoms with Crippen molar-refractivity contribution in [1.82, 2.24) is 4.98 Å². The highest BCUT2D eigenvalue weighted by molar-refractivity contribution is 6.31. The number of carbonyl (C=O) groups is 1. The van der Waals surface area contributed by atoms with Gasteiger partial charge in [-0.05, 0) is 24.3 Å². The van der Waals surface area contributed by atoms with E-state index in [1.165, 1.54) is 13.2 Å². The van der Waals surface area contributed by atoms with Gasteiger partial charge in [-0.1, -0.05) is 11.6 Å². The molecule has 8 heteroatoms. The van der Waals surface area contributed by atoms with Gasteiger partial charge in [0.1, 0.15) is 23.2 Å². The molecular formula is C15H13ClN4O3. The van der Waals surface area contributed by atoms with Crippen molar-refractivity contribution in [2.75, 3.05) is 24.8 Å². The molecule has 0 aliphatic rings. The minimum atomic E-state index is -0.459. The Hall–Kier alpha value is -2.98. The molecule has 0 saturated heterocycles. The van der Waals surface area contributed by atoms with E-state index in [2.05, 4.69) is 15.0 Å². The van der Waals surface area contributed by atoms with Crippen LogP contribution in [-0.2, 0) is 9.53 Å². The molecule has 0 aliphatic carbocycles. The summed E-state index contributed by atoms with van der Waals surface area (Å²) in [5, 5.41) is 11.9. The zero-order chi connectivity index (χ0) is 16.8. The lowest BCUT2D eigenvalue weighted by Crippen LogP contribution is -2.12. The van der Waals surface area contributed by atoms with Gasteiger partial charge in [-0.25, -0.2) is 9.78 Å². The van der Waals surface area contributed by atoms with Crippen LogP contribution in [-0.4, -0.2) is 24.7 Å². The number of nitrogens with two attached hydrogens (primary N) is 1. The molecule has 0 fully saturated rings. The number of hydrogen-bond donors (Lipinski definition) is 2. The summed E-state index contributed by atoms with van der Waals surface area (Å²) in [6.07, 6.45) is 0. The van der Waals surface area contributed by atoms with E-state index in [0.717, 1.165) is 0 Å². The van der Waals surface area contributed by atoms with Gasteiger partial charge in [0.25, 0.3) is 0 Å². The lowest BCUT2D eigenvalue weighted by atomic mass is 10.2. The van der Waals surface area contributed by atoms with E-state index in [4.69, 9.17) is 27.3 Å². The van der Waals surface area contributed by atoms with Crippen LogP contribution in [0.1, 0.15) is 5.56 Å². The number of nitrogens with zero attached hydrogens (tertiary/aromatic N) is 2. The Morgan fingerprint density at radius 3 is 2.70 bits per heavy atom. The normalized spacial score (nSPS) is 9.78. The lowest BCUT2D eigenvalue weighted by Gasteiger charge is -2.09. The van der Waals surface area contributed by atoms with Crippen molar-refractivity contribution >= 4 is 34.8 Å². The molecule has 3 N–H and O–H groups in total. The average Bonchev–Trinajstić information content (AvgIpc) is 2.53. The molecule has 118 valence electrons. The van der Waals surface area contributed by atoms with Crippen molar-refractivity contribution < 1.29 is 14.3 Å². The third-order valence-corrected chi connectivity index (χ3v) is 3.10. The number of nitrogen functional groups attached to an aromatic ring is 1. The van der Waals surface area contributed by atoms with Crippen molar-refractivity contribution in [3.63, 3.8) is 0 Å². The van der Waals surface area contributed by atoms with E-state index in [-0.39, 0.29) is 23.0 Å². The smallest absolute Gasteiger partial charge is 0.343 e. The molecule has 0 bridgehead atoms. The van der Waals surface area contributed by atoms with Crippen LogP contribution in [0, 0.1) is 11.3 Å². The first-order valence-corrected chi connectivity index (χ1v) is 6.84. The molecule has 2 rings (SSSR count). The van der Waals surface area contributed by atoms with E-state index in [9.17, 15) is 4.79 Å². The molecule has 0 aliphatic heterocycles. The number of methoxy groups -OCH3 is 1. The maximum atomic E-state index is 11.0. The topological polar surface area (TPSA) is 110 Å². The van der Waals surface area contributed by atoms with Crippen LogP contribution in [0.25, 0.3) is 0 Å². The number of rotatable bonds is 5. The van der Waals surface area contributed by atoms with Crippen molar-refractivity contribution in [2.45, 2.75) is 0 Å². The van der Waals surface area contributed by atoms with Crippen LogP contribution >= 0.6 is 11.6 Å². The number of esters is 1. The highest BCUT2D eigenvalue weighted by Gasteiger charge is 2.09. The monoisotopic (exact) mass is 332 g/mol. The molecule has 2 aromatic rings. The Morgan fingerprint density at radius 2 is 2.13 bits per heavy atom. The summed E-state index contributed by atoms with van der Waals surface area (Å²) in [6.45, 7) is -0.160. The number of nitriles is 1. The molecule has 23 heavy (non-hydrogen) atoms. The second kappa shape index (κ2) is 7.33. The highest BCUT2D eigenvalue weighted by atomic mass is 35.5. The SMILES string of the molecule is COC(=O)COc1ccc(Nc2cc(N)c(C#N)c(Cl)n2)cc1. The van der Waals surface area contributed by atoms with Gasteiger partial charge in [-0.3, -0.25) is 0 Å². The molecule has 0 amide bonds. The molecule has 0 spiro atoms. The number of nitrogens with one attached hydrogen (secondary N) is 1. The van der Waals surface area contributed by atoms with E-state index in [1.54, 1.807) is 24.3 Å². The zero-order valence-corrected chi connectivity index (χ0v) is 12.9. The molecule has 0 atom stereocenters. The Kier molecular flexibility index (Phi) is 5.23. The van der Waals surface area contributed by atoms with Crippen LogP contribution < -0.4 is 15.8 Å². The molecular weight excluding hydrogens is 320 g/mol. The lowest BCUT2D eigenvalue weighted by molar-refractivity contribution is -0.142. The first-order valence-electron chi connectivity index (χ1n) is 6.46. The van der Waals surface area contributed by atoms with Crippen molar-refractivity contribution in [3.05, 3.63) is 41.0 Å². The molecule has 1 aromatic carbocycles. The van der Waals surface area contributed by atoms with E-state index in [1.807, 2.05) is 6.07 Å². The fourth-order valence-corrected chi connectivity index (χ4v) is 1.93. The highest BCUT2D eigenvalue weighted by Crippen LogP contribution is 2.25. The van der Waals surface area contributed by atoms with Gasteiger partial charge >= 0.3 is 5.97 Å². The fraction of sp³-hybridized carbons (Fsp3) is 0.133. The third-order valence-electron chi connectivity index (χ3n) is 2.83. The quantitative estimate of drug-likeness (QED) is 0.639. The largest absolute Gasteiger partial charge is 0.482 e. The van der Waals surface area contributed by atoms with Gasteiger partial charge in [-0.2, -0.15) is 5.26 Å². The summed E-state index contributed by atoms with van der Waals surface area (Å²) in [4.78, 5) is 15.0. The van der Waals surface area contributed by atoms with E-state index >= 15 is 0 Å². The molecule has 0 radical (unpaired) electrons. The Morgan fingerprint density at radius 1 is 1.43 bits per heavy atom. The second-order valence-electron chi connectivity index (χ2n) is 4.39. The first-order chi connectivity index (χ1) is 11.0. The summed E-state index contributed by atoms with van der Waals surface area (Å²) >= 11 is 5.89. The van der Waals surface area contributed by atoms with Crippen LogP contribution in [0.2, 0.25) is 5.15 Å². The number of pyridine rings is 1. The predicted octanol–water partition coefficient (Wildman–Crippen LogP) is 2.48. The van der Waals surface area contributed by atoms with E-state index in [0.29, 0.717) is 17.3 Å². The second-order valence-corrected chi connectivity index (χ2v) is 4.75. The summed E-state index contributed by atoms with van der Waals surface area (Å²) in [5.41, 5.74) is 6.84. The number of benzene rings is 1. The van der Waals surface area contributed by atoms with Gasteiger partial charge in [-0.15, -0.1) is 0 Å².